The summed E-state index contributed by atoms with van der Waals surface area (Å²) in [5.41, 5.74) is 6.91. The van der Waals surface area contributed by atoms with E-state index in [0.717, 1.165) is 17.7 Å². The number of nitrogens with two attached hydrogens (primary N) is 1. The summed E-state index contributed by atoms with van der Waals surface area (Å²) >= 11 is 0. The van der Waals surface area contributed by atoms with Crippen molar-refractivity contribution in [2.45, 2.75) is 39.7 Å². The van der Waals surface area contributed by atoms with E-state index in [9.17, 15) is 4.79 Å². The van der Waals surface area contributed by atoms with E-state index < -0.39 is 5.54 Å². The summed E-state index contributed by atoms with van der Waals surface area (Å²) in [6.45, 7) is 8.05. The van der Waals surface area contributed by atoms with E-state index in [1.807, 2.05) is 38.1 Å². The molecule has 1 atom stereocenters. The normalized spacial score (nSPS) is 14.4. The van der Waals surface area contributed by atoms with Crippen LogP contribution in [0.5, 0.6) is 0 Å². The predicted octanol–water partition coefficient (Wildman–Crippen LogP) is 2.70. The molecule has 1 amide bonds. The lowest BCUT2D eigenvalue weighted by atomic mass is 9.89. The number of rotatable bonds is 5. The van der Waals surface area contributed by atoms with Gasteiger partial charge in [0, 0.05) is 5.69 Å². The smallest absolute Gasteiger partial charge is 0.242 e. The SMILES string of the molecule is Cc1cccc(NC(C)(CC(C)C)C(N)=O)c1. The summed E-state index contributed by atoms with van der Waals surface area (Å²) in [6, 6.07) is 7.96. The van der Waals surface area contributed by atoms with E-state index >= 15 is 0 Å². The molecule has 0 fully saturated rings. The summed E-state index contributed by atoms with van der Waals surface area (Å²) in [5, 5.41) is 3.25. The number of amides is 1. The Morgan fingerprint density at radius 3 is 2.59 bits per heavy atom. The molecule has 0 saturated heterocycles. The van der Waals surface area contributed by atoms with Crippen LogP contribution in [0.4, 0.5) is 5.69 Å². The molecule has 94 valence electrons. The van der Waals surface area contributed by atoms with Gasteiger partial charge < -0.3 is 11.1 Å². The van der Waals surface area contributed by atoms with Gasteiger partial charge in [-0.15, -0.1) is 0 Å². The van der Waals surface area contributed by atoms with Gasteiger partial charge in [0.2, 0.25) is 5.91 Å². The van der Waals surface area contributed by atoms with E-state index in [4.69, 9.17) is 5.73 Å². The second-order valence-electron chi connectivity index (χ2n) is 5.29. The zero-order valence-corrected chi connectivity index (χ0v) is 11.1. The molecule has 0 radical (unpaired) electrons. The highest BCUT2D eigenvalue weighted by molar-refractivity contribution is 5.87. The van der Waals surface area contributed by atoms with Crippen LogP contribution in [0.1, 0.15) is 32.8 Å². The maximum atomic E-state index is 11.6. The first-order chi connectivity index (χ1) is 7.83. The average Bonchev–Trinajstić information content (AvgIpc) is 2.15. The quantitative estimate of drug-likeness (QED) is 0.823. The monoisotopic (exact) mass is 234 g/mol. The van der Waals surface area contributed by atoms with Crippen LogP contribution in [-0.2, 0) is 4.79 Å². The molecule has 3 nitrogen and oxygen atoms in total. The van der Waals surface area contributed by atoms with Crippen LogP contribution in [-0.4, -0.2) is 11.4 Å². The van der Waals surface area contributed by atoms with E-state index in [1.54, 1.807) is 0 Å². The molecule has 0 heterocycles. The summed E-state index contributed by atoms with van der Waals surface area (Å²) in [4.78, 5) is 11.6. The van der Waals surface area contributed by atoms with Crippen LogP contribution < -0.4 is 11.1 Å². The molecule has 1 rings (SSSR count). The number of primary amides is 1. The molecule has 1 unspecified atom stereocenters. The zero-order valence-electron chi connectivity index (χ0n) is 11.1. The Labute approximate surface area is 103 Å². The lowest BCUT2D eigenvalue weighted by Gasteiger charge is -2.30. The predicted molar refractivity (Wildman–Crippen MR) is 71.9 cm³/mol. The molecule has 1 aromatic carbocycles. The van der Waals surface area contributed by atoms with E-state index in [1.165, 1.54) is 0 Å². The number of carbonyl (C=O) groups is 1. The van der Waals surface area contributed by atoms with Crippen LogP contribution in [0, 0.1) is 12.8 Å². The number of aryl methyl sites for hydroxylation is 1. The van der Waals surface area contributed by atoms with Crippen LogP contribution in [0.25, 0.3) is 0 Å². The summed E-state index contributed by atoms with van der Waals surface area (Å²) in [7, 11) is 0. The maximum Gasteiger partial charge on any atom is 0.242 e. The Morgan fingerprint density at radius 2 is 2.12 bits per heavy atom. The third kappa shape index (κ3) is 3.77. The molecule has 0 aliphatic heterocycles. The Hall–Kier alpha value is -1.51. The fraction of sp³-hybridized carbons (Fsp3) is 0.500. The molecule has 0 aliphatic carbocycles. The van der Waals surface area contributed by atoms with Gasteiger partial charge in [-0.1, -0.05) is 26.0 Å². The molecule has 0 saturated carbocycles. The van der Waals surface area contributed by atoms with Crippen molar-refractivity contribution in [2.75, 3.05) is 5.32 Å². The number of benzene rings is 1. The van der Waals surface area contributed by atoms with Gasteiger partial charge in [0.1, 0.15) is 5.54 Å². The topological polar surface area (TPSA) is 55.1 Å². The minimum Gasteiger partial charge on any atom is -0.371 e. The van der Waals surface area contributed by atoms with E-state index in [-0.39, 0.29) is 5.91 Å². The zero-order chi connectivity index (χ0) is 13.1. The molecule has 0 bridgehead atoms. The molecule has 0 spiro atoms. The Balaban J connectivity index is 2.90. The van der Waals surface area contributed by atoms with E-state index in [0.29, 0.717) is 5.92 Å². The number of hydrogen-bond donors (Lipinski definition) is 2. The first-order valence-electron chi connectivity index (χ1n) is 5.98. The Morgan fingerprint density at radius 1 is 1.47 bits per heavy atom. The summed E-state index contributed by atoms with van der Waals surface area (Å²) in [5.74, 6) is 0.0949. The molecule has 0 aliphatic rings. The van der Waals surface area contributed by atoms with Crippen molar-refractivity contribution in [3.8, 4) is 0 Å². The highest BCUT2D eigenvalue weighted by atomic mass is 16.1. The number of hydrogen-bond acceptors (Lipinski definition) is 2. The van der Waals surface area contributed by atoms with Gasteiger partial charge in [0.25, 0.3) is 0 Å². The average molecular weight is 234 g/mol. The van der Waals surface area contributed by atoms with Gasteiger partial charge in [-0.3, -0.25) is 4.79 Å². The van der Waals surface area contributed by atoms with Crippen molar-refractivity contribution < 1.29 is 4.79 Å². The molecule has 3 heteroatoms. The minimum absolute atomic E-state index is 0.312. The van der Waals surface area contributed by atoms with Gasteiger partial charge in [-0.05, 0) is 43.9 Å². The van der Waals surface area contributed by atoms with Crippen molar-refractivity contribution in [1.82, 2.24) is 0 Å². The first-order valence-corrected chi connectivity index (χ1v) is 5.98. The van der Waals surface area contributed by atoms with Crippen LogP contribution in [0.3, 0.4) is 0 Å². The highest BCUT2D eigenvalue weighted by Gasteiger charge is 2.31. The third-order valence-corrected chi connectivity index (χ3v) is 2.80. The number of carbonyl (C=O) groups excluding carboxylic acids is 1. The van der Waals surface area contributed by atoms with Gasteiger partial charge in [0.15, 0.2) is 0 Å². The fourth-order valence-electron chi connectivity index (χ4n) is 2.07. The lowest BCUT2D eigenvalue weighted by Crippen LogP contribution is -2.48. The van der Waals surface area contributed by atoms with Crippen LogP contribution in [0.15, 0.2) is 24.3 Å². The van der Waals surface area contributed by atoms with Crippen LogP contribution in [0.2, 0.25) is 0 Å². The number of anilines is 1. The Kier molecular flexibility index (Phi) is 4.16. The van der Waals surface area contributed by atoms with Gasteiger partial charge in [-0.25, -0.2) is 0 Å². The maximum absolute atomic E-state index is 11.6. The fourth-order valence-corrected chi connectivity index (χ4v) is 2.07. The molecule has 1 aromatic rings. The number of nitrogens with one attached hydrogen (secondary N) is 1. The van der Waals surface area contributed by atoms with Gasteiger partial charge in [0.05, 0.1) is 0 Å². The molecule has 3 N–H and O–H groups in total. The van der Waals surface area contributed by atoms with Crippen molar-refractivity contribution >= 4 is 11.6 Å². The molecular formula is C14H22N2O. The lowest BCUT2D eigenvalue weighted by molar-refractivity contribution is -0.122. The van der Waals surface area contributed by atoms with Crippen molar-refractivity contribution in [3.63, 3.8) is 0 Å². The molecule has 0 aromatic heterocycles. The van der Waals surface area contributed by atoms with Crippen LogP contribution >= 0.6 is 0 Å². The first kappa shape index (κ1) is 13.6. The standard InChI is InChI=1S/C14H22N2O/c1-10(2)9-14(4,13(15)17)16-12-7-5-6-11(3)8-12/h5-8,10,16H,9H2,1-4H3,(H2,15,17). The highest BCUT2D eigenvalue weighted by Crippen LogP contribution is 2.22. The molecular weight excluding hydrogens is 212 g/mol. The molecule has 17 heavy (non-hydrogen) atoms. The summed E-state index contributed by atoms with van der Waals surface area (Å²) < 4.78 is 0. The van der Waals surface area contributed by atoms with Gasteiger partial charge >= 0.3 is 0 Å². The second-order valence-corrected chi connectivity index (χ2v) is 5.29. The summed E-state index contributed by atoms with van der Waals surface area (Å²) in [6.07, 6.45) is 0.719. The van der Waals surface area contributed by atoms with Crippen molar-refractivity contribution in [3.05, 3.63) is 29.8 Å². The van der Waals surface area contributed by atoms with E-state index in [2.05, 4.69) is 19.2 Å². The van der Waals surface area contributed by atoms with Gasteiger partial charge in [-0.2, -0.15) is 0 Å². The third-order valence-electron chi connectivity index (χ3n) is 2.80. The van der Waals surface area contributed by atoms with Crippen molar-refractivity contribution in [2.24, 2.45) is 11.7 Å². The Bertz CT molecular complexity index is 401. The largest absolute Gasteiger partial charge is 0.371 e. The second kappa shape index (κ2) is 5.21. The minimum atomic E-state index is -0.693. The van der Waals surface area contributed by atoms with Crippen molar-refractivity contribution in [1.29, 1.82) is 0 Å².